The maximum absolute atomic E-state index is 12.1. The first-order valence-electron chi connectivity index (χ1n) is 7.20. The van der Waals surface area contributed by atoms with Gasteiger partial charge in [-0.15, -0.1) is 11.8 Å². The van der Waals surface area contributed by atoms with Gasteiger partial charge in [0, 0.05) is 31.9 Å². The summed E-state index contributed by atoms with van der Waals surface area (Å²) < 4.78 is 0. The average Bonchev–Trinajstić information content (AvgIpc) is 2.46. The molecule has 0 saturated carbocycles. The van der Waals surface area contributed by atoms with Gasteiger partial charge in [-0.05, 0) is 19.4 Å². The normalized spacial score (nSPS) is 15.1. The molecule has 114 valence electrons. The molecule has 5 heteroatoms. The van der Waals surface area contributed by atoms with E-state index in [4.69, 9.17) is 0 Å². The maximum Gasteiger partial charge on any atom is 0.232 e. The van der Waals surface area contributed by atoms with Crippen LogP contribution in [0.4, 0.5) is 0 Å². The number of hydrogen-bond donors (Lipinski definition) is 0. The van der Waals surface area contributed by atoms with Crippen LogP contribution in [0.5, 0.6) is 0 Å². The molecule has 2 amide bonds. The highest BCUT2D eigenvalue weighted by Gasteiger charge is 2.19. The molecule has 1 heterocycles. The van der Waals surface area contributed by atoms with Crippen molar-refractivity contribution in [1.29, 1.82) is 0 Å². The van der Waals surface area contributed by atoms with Crippen LogP contribution < -0.4 is 0 Å². The van der Waals surface area contributed by atoms with Crippen molar-refractivity contribution < 1.29 is 9.59 Å². The molecule has 2 rings (SSSR count). The number of nitrogens with zero attached hydrogens (tertiary/aromatic N) is 2. The number of piperazine rings is 1. The molecule has 21 heavy (non-hydrogen) atoms. The summed E-state index contributed by atoms with van der Waals surface area (Å²) in [5.41, 5.74) is 3.81. The van der Waals surface area contributed by atoms with E-state index in [1.165, 1.54) is 16.7 Å². The van der Waals surface area contributed by atoms with Crippen LogP contribution >= 0.6 is 11.8 Å². The Labute approximate surface area is 130 Å². The van der Waals surface area contributed by atoms with Gasteiger partial charge in [0.25, 0.3) is 0 Å². The van der Waals surface area contributed by atoms with Gasteiger partial charge in [0.2, 0.25) is 12.3 Å². The summed E-state index contributed by atoms with van der Waals surface area (Å²) in [6.07, 6.45) is 0.858. The van der Waals surface area contributed by atoms with Crippen LogP contribution in [0, 0.1) is 13.8 Å². The van der Waals surface area contributed by atoms with E-state index in [0.717, 1.165) is 12.2 Å². The SMILES string of the molecule is Cc1cc(C)cc(CSCC(=O)N2CCN(C=O)CC2)c1. The predicted octanol–water partition coefficient (Wildman–Crippen LogP) is 1.84. The quantitative estimate of drug-likeness (QED) is 0.779. The number of aryl methyl sites for hydroxylation is 2. The number of thioether (sulfide) groups is 1. The van der Waals surface area contributed by atoms with Gasteiger partial charge in [-0.2, -0.15) is 0 Å². The fraction of sp³-hybridized carbons (Fsp3) is 0.500. The van der Waals surface area contributed by atoms with Crippen molar-refractivity contribution in [3.63, 3.8) is 0 Å². The van der Waals surface area contributed by atoms with Gasteiger partial charge >= 0.3 is 0 Å². The van der Waals surface area contributed by atoms with Gasteiger partial charge < -0.3 is 9.80 Å². The minimum atomic E-state index is 0.176. The lowest BCUT2D eigenvalue weighted by Crippen LogP contribution is -2.48. The highest BCUT2D eigenvalue weighted by molar-refractivity contribution is 7.99. The Morgan fingerprint density at radius 2 is 1.76 bits per heavy atom. The summed E-state index contributed by atoms with van der Waals surface area (Å²) >= 11 is 1.66. The van der Waals surface area contributed by atoms with E-state index in [0.29, 0.717) is 31.9 Å². The van der Waals surface area contributed by atoms with Gasteiger partial charge in [0.05, 0.1) is 5.75 Å². The molecule has 1 saturated heterocycles. The lowest BCUT2D eigenvalue weighted by atomic mass is 10.1. The van der Waals surface area contributed by atoms with Crippen LogP contribution in [-0.2, 0) is 15.3 Å². The van der Waals surface area contributed by atoms with Crippen LogP contribution in [-0.4, -0.2) is 54.0 Å². The minimum absolute atomic E-state index is 0.176. The average molecular weight is 306 g/mol. The van der Waals surface area contributed by atoms with Gasteiger partial charge in [0.1, 0.15) is 0 Å². The fourth-order valence-corrected chi connectivity index (χ4v) is 3.44. The predicted molar refractivity (Wildman–Crippen MR) is 86.3 cm³/mol. The lowest BCUT2D eigenvalue weighted by Gasteiger charge is -2.32. The third-order valence-electron chi connectivity index (χ3n) is 3.59. The van der Waals surface area contributed by atoms with Crippen LogP contribution in [0.15, 0.2) is 18.2 Å². The number of hydrogen-bond acceptors (Lipinski definition) is 3. The molecule has 1 aromatic carbocycles. The van der Waals surface area contributed by atoms with E-state index in [9.17, 15) is 9.59 Å². The summed E-state index contributed by atoms with van der Waals surface area (Å²) in [4.78, 5) is 26.3. The van der Waals surface area contributed by atoms with Crippen molar-refractivity contribution in [3.05, 3.63) is 34.9 Å². The smallest absolute Gasteiger partial charge is 0.232 e. The molecular weight excluding hydrogens is 284 g/mol. The molecule has 4 nitrogen and oxygen atoms in total. The van der Waals surface area contributed by atoms with Crippen molar-refractivity contribution in [1.82, 2.24) is 9.80 Å². The molecule has 0 bridgehead atoms. The van der Waals surface area contributed by atoms with Crippen molar-refractivity contribution in [2.45, 2.75) is 19.6 Å². The first kappa shape index (κ1) is 15.9. The van der Waals surface area contributed by atoms with Crippen LogP contribution in [0.3, 0.4) is 0 Å². The largest absolute Gasteiger partial charge is 0.342 e. The Kier molecular flexibility index (Phi) is 5.67. The second-order valence-electron chi connectivity index (χ2n) is 5.51. The van der Waals surface area contributed by atoms with Crippen molar-refractivity contribution >= 4 is 24.1 Å². The van der Waals surface area contributed by atoms with E-state index in [1.54, 1.807) is 16.7 Å². The Balaban J connectivity index is 1.75. The van der Waals surface area contributed by atoms with Gasteiger partial charge in [0.15, 0.2) is 0 Å². The Bertz CT molecular complexity index is 491. The summed E-state index contributed by atoms with van der Waals surface area (Å²) in [6, 6.07) is 6.51. The molecule has 1 aliphatic rings. The van der Waals surface area contributed by atoms with Crippen molar-refractivity contribution in [2.24, 2.45) is 0 Å². The third-order valence-corrected chi connectivity index (χ3v) is 4.58. The van der Waals surface area contributed by atoms with Crippen LogP contribution in [0.25, 0.3) is 0 Å². The molecule has 0 aliphatic carbocycles. The first-order valence-corrected chi connectivity index (χ1v) is 8.36. The molecule has 1 aliphatic heterocycles. The molecule has 0 spiro atoms. The van der Waals surface area contributed by atoms with Gasteiger partial charge in [-0.25, -0.2) is 0 Å². The number of amides is 2. The van der Waals surface area contributed by atoms with Gasteiger partial charge in [-0.3, -0.25) is 9.59 Å². The standard InChI is InChI=1S/C16H22N2O2S/c1-13-7-14(2)9-15(8-13)10-21-11-16(20)18-5-3-17(12-19)4-6-18/h7-9,12H,3-6,10-11H2,1-2H3. The lowest BCUT2D eigenvalue weighted by molar-refractivity contribution is -0.132. The highest BCUT2D eigenvalue weighted by atomic mass is 32.2. The second kappa shape index (κ2) is 7.50. The number of carbonyl (C=O) groups is 2. The Morgan fingerprint density at radius 3 is 2.33 bits per heavy atom. The summed E-state index contributed by atoms with van der Waals surface area (Å²) in [5, 5.41) is 0. The van der Waals surface area contributed by atoms with Crippen LogP contribution in [0.1, 0.15) is 16.7 Å². The zero-order valence-electron chi connectivity index (χ0n) is 12.7. The summed E-state index contributed by atoms with van der Waals surface area (Å²) in [7, 11) is 0. The van der Waals surface area contributed by atoms with Crippen LogP contribution in [0.2, 0.25) is 0 Å². The zero-order chi connectivity index (χ0) is 15.2. The van der Waals surface area contributed by atoms with E-state index in [-0.39, 0.29) is 5.91 Å². The molecule has 0 aromatic heterocycles. The monoisotopic (exact) mass is 306 g/mol. The first-order chi connectivity index (χ1) is 10.1. The van der Waals surface area contributed by atoms with E-state index in [1.807, 2.05) is 4.90 Å². The summed E-state index contributed by atoms with van der Waals surface area (Å²) in [6.45, 7) is 6.80. The van der Waals surface area contributed by atoms with Crippen molar-refractivity contribution in [3.8, 4) is 0 Å². The molecule has 1 aromatic rings. The molecule has 0 radical (unpaired) electrons. The van der Waals surface area contributed by atoms with E-state index < -0.39 is 0 Å². The molecule has 0 N–H and O–H groups in total. The van der Waals surface area contributed by atoms with E-state index in [2.05, 4.69) is 32.0 Å². The number of carbonyl (C=O) groups excluding carboxylic acids is 2. The summed E-state index contributed by atoms with van der Waals surface area (Å²) in [5.74, 6) is 1.55. The van der Waals surface area contributed by atoms with Crippen molar-refractivity contribution in [2.75, 3.05) is 31.9 Å². The highest BCUT2D eigenvalue weighted by Crippen LogP contribution is 2.16. The van der Waals surface area contributed by atoms with E-state index >= 15 is 0 Å². The maximum atomic E-state index is 12.1. The minimum Gasteiger partial charge on any atom is -0.342 e. The Morgan fingerprint density at radius 1 is 1.14 bits per heavy atom. The Hall–Kier alpha value is -1.49. The number of benzene rings is 1. The van der Waals surface area contributed by atoms with Gasteiger partial charge in [-0.1, -0.05) is 29.3 Å². The topological polar surface area (TPSA) is 40.6 Å². The fourth-order valence-electron chi connectivity index (χ4n) is 2.58. The molecule has 0 atom stereocenters. The second-order valence-corrected chi connectivity index (χ2v) is 6.50. The molecular formula is C16H22N2O2S. The number of rotatable bonds is 5. The third kappa shape index (κ3) is 4.77. The molecule has 0 unspecified atom stereocenters. The molecule has 1 fully saturated rings. The zero-order valence-corrected chi connectivity index (χ0v) is 13.5.